The maximum atomic E-state index is 6.25. The molecule has 1 atom stereocenters. The lowest BCUT2D eigenvalue weighted by Gasteiger charge is -2.36. The molecular formula is C27H20O. The second kappa shape index (κ2) is 5.84. The van der Waals surface area contributed by atoms with Crippen molar-refractivity contribution in [3.05, 3.63) is 114 Å². The van der Waals surface area contributed by atoms with Crippen LogP contribution in [0.25, 0.3) is 22.3 Å². The first kappa shape index (κ1) is 15.7. The van der Waals surface area contributed by atoms with E-state index in [-0.39, 0.29) is 5.41 Å². The Labute approximate surface area is 165 Å². The van der Waals surface area contributed by atoms with Crippen molar-refractivity contribution < 1.29 is 4.74 Å². The van der Waals surface area contributed by atoms with E-state index in [1.807, 2.05) is 0 Å². The molecule has 1 heteroatoms. The number of hydrogen-bond donors (Lipinski definition) is 0. The van der Waals surface area contributed by atoms with Gasteiger partial charge in [0.2, 0.25) is 0 Å². The van der Waals surface area contributed by atoms with Gasteiger partial charge in [-0.25, -0.2) is 0 Å². The second-order valence-corrected chi connectivity index (χ2v) is 7.83. The summed E-state index contributed by atoms with van der Waals surface area (Å²) in [5, 5.41) is 0. The van der Waals surface area contributed by atoms with Crippen molar-refractivity contribution in [3.8, 4) is 28.0 Å². The van der Waals surface area contributed by atoms with Gasteiger partial charge in [-0.2, -0.15) is 0 Å². The number of fused-ring (bicyclic) bond motifs is 6. The van der Waals surface area contributed by atoms with Crippen LogP contribution in [0.15, 0.2) is 97.1 Å². The van der Waals surface area contributed by atoms with E-state index in [1.165, 1.54) is 38.9 Å². The molecule has 2 aliphatic rings. The summed E-state index contributed by atoms with van der Waals surface area (Å²) in [5.74, 6) is 1.02. The fourth-order valence-electron chi connectivity index (χ4n) is 4.98. The Balaban J connectivity index is 1.59. The predicted molar refractivity (Wildman–Crippen MR) is 114 cm³/mol. The van der Waals surface area contributed by atoms with Crippen LogP contribution in [0.5, 0.6) is 5.75 Å². The molecule has 0 amide bonds. The Bertz CT molecular complexity index is 1190. The quantitative estimate of drug-likeness (QED) is 0.389. The zero-order chi connectivity index (χ0) is 18.6. The van der Waals surface area contributed by atoms with E-state index in [0.717, 1.165) is 12.2 Å². The fourth-order valence-corrected chi connectivity index (χ4v) is 4.98. The van der Waals surface area contributed by atoms with Crippen LogP contribution in [-0.2, 0) is 11.8 Å². The molecule has 1 heterocycles. The van der Waals surface area contributed by atoms with Gasteiger partial charge in [-0.1, -0.05) is 84.9 Å². The van der Waals surface area contributed by atoms with Gasteiger partial charge in [-0.3, -0.25) is 0 Å². The van der Waals surface area contributed by atoms with Gasteiger partial charge in [0.1, 0.15) is 12.4 Å². The first-order chi connectivity index (χ1) is 13.9. The molecule has 1 spiro atoms. The molecule has 134 valence electrons. The summed E-state index contributed by atoms with van der Waals surface area (Å²) in [7, 11) is 0. The monoisotopic (exact) mass is 360 g/mol. The summed E-state index contributed by atoms with van der Waals surface area (Å²) in [6.45, 7) is 0.700. The first-order valence-electron chi connectivity index (χ1n) is 9.86. The average Bonchev–Trinajstić information content (AvgIpc) is 3.13. The van der Waals surface area contributed by atoms with E-state index in [4.69, 9.17) is 4.74 Å². The van der Waals surface area contributed by atoms with Crippen LogP contribution in [-0.4, -0.2) is 6.61 Å². The first-order valence-corrected chi connectivity index (χ1v) is 9.86. The van der Waals surface area contributed by atoms with Gasteiger partial charge in [0, 0.05) is 5.56 Å². The van der Waals surface area contributed by atoms with Gasteiger partial charge in [-0.05, 0) is 51.9 Å². The summed E-state index contributed by atoms with van der Waals surface area (Å²) in [5.41, 5.74) is 9.18. The van der Waals surface area contributed by atoms with E-state index >= 15 is 0 Å². The second-order valence-electron chi connectivity index (χ2n) is 7.83. The molecule has 4 aromatic carbocycles. The van der Waals surface area contributed by atoms with Crippen molar-refractivity contribution >= 4 is 0 Å². The van der Waals surface area contributed by atoms with Gasteiger partial charge in [-0.15, -0.1) is 0 Å². The summed E-state index contributed by atoms with van der Waals surface area (Å²) < 4.78 is 6.25. The molecule has 28 heavy (non-hydrogen) atoms. The number of benzene rings is 4. The SMILES string of the molecule is c1ccc(-c2ccc3c(c2)C2(CO3)Cc3ccccc3-c3ccccc32)cc1. The van der Waals surface area contributed by atoms with E-state index in [9.17, 15) is 0 Å². The maximum absolute atomic E-state index is 6.25. The normalized spacial score (nSPS) is 18.9. The smallest absolute Gasteiger partial charge is 0.123 e. The molecule has 6 rings (SSSR count). The molecule has 1 nitrogen and oxygen atoms in total. The molecule has 0 saturated carbocycles. The van der Waals surface area contributed by atoms with Gasteiger partial charge in [0.15, 0.2) is 0 Å². The Hall–Kier alpha value is -3.32. The lowest BCUT2D eigenvalue weighted by molar-refractivity contribution is 0.289. The van der Waals surface area contributed by atoms with Crippen LogP contribution in [0.1, 0.15) is 16.7 Å². The predicted octanol–water partition coefficient (Wildman–Crippen LogP) is 6.26. The Morgan fingerprint density at radius 2 is 1.36 bits per heavy atom. The third-order valence-corrected chi connectivity index (χ3v) is 6.32. The highest BCUT2D eigenvalue weighted by Gasteiger charge is 2.46. The van der Waals surface area contributed by atoms with Crippen molar-refractivity contribution in [2.45, 2.75) is 11.8 Å². The minimum atomic E-state index is -0.120. The van der Waals surface area contributed by atoms with Gasteiger partial charge >= 0.3 is 0 Å². The van der Waals surface area contributed by atoms with E-state index in [2.05, 4.69) is 97.1 Å². The van der Waals surface area contributed by atoms with Crippen LogP contribution >= 0.6 is 0 Å². The van der Waals surface area contributed by atoms with Crippen LogP contribution in [0.2, 0.25) is 0 Å². The van der Waals surface area contributed by atoms with E-state index in [0.29, 0.717) is 6.61 Å². The van der Waals surface area contributed by atoms with Crippen molar-refractivity contribution in [2.24, 2.45) is 0 Å². The van der Waals surface area contributed by atoms with E-state index < -0.39 is 0 Å². The lowest BCUT2D eigenvalue weighted by Crippen LogP contribution is -2.35. The molecular weight excluding hydrogens is 340 g/mol. The van der Waals surface area contributed by atoms with E-state index in [1.54, 1.807) is 0 Å². The third-order valence-electron chi connectivity index (χ3n) is 6.32. The summed E-state index contributed by atoms with van der Waals surface area (Å²) >= 11 is 0. The molecule has 1 unspecified atom stereocenters. The van der Waals surface area contributed by atoms with Crippen LogP contribution in [0, 0.1) is 0 Å². The van der Waals surface area contributed by atoms with Crippen molar-refractivity contribution in [3.63, 3.8) is 0 Å². The van der Waals surface area contributed by atoms with Crippen molar-refractivity contribution in [1.82, 2.24) is 0 Å². The van der Waals surface area contributed by atoms with Gasteiger partial charge < -0.3 is 4.74 Å². The van der Waals surface area contributed by atoms with Crippen LogP contribution in [0.3, 0.4) is 0 Å². The Morgan fingerprint density at radius 1 is 0.607 bits per heavy atom. The number of rotatable bonds is 1. The highest BCUT2D eigenvalue weighted by molar-refractivity contribution is 5.78. The summed E-state index contributed by atoms with van der Waals surface area (Å²) in [4.78, 5) is 0. The minimum absolute atomic E-state index is 0.120. The molecule has 1 aliphatic carbocycles. The summed E-state index contributed by atoms with van der Waals surface area (Å²) in [6.07, 6.45) is 0.978. The lowest BCUT2D eigenvalue weighted by atomic mass is 9.65. The molecule has 1 aliphatic heterocycles. The molecule has 0 fully saturated rings. The molecule has 0 aromatic heterocycles. The number of ether oxygens (including phenoxy) is 1. The number of hydrogen-bond acceptors (Lipinski definition) is 1. The molecule has 0 N–H and O–H groups in total. The zero-order valence-corrected chi connectivity index (χ0v) is 15.6. The highest BCUT2D eigenvalue weighted by Crippen LogP contribution is 2.52. The Morgan fingerprint density at radius 3 is 2.25 bits per heavy atom. The molecule has 4 aromatic rings. The summed E-state index contributed by atoms with van der Waals surface area (Å²) in [6, 6.07) is 34.9. The maximum Gasteiger partial charge on any atom is 0.123 e. The molecule has 0 saturated heterocycles. The van der Waals surface area contributed by atoms with Crippen LogP contribution < -0.4 is 4.74 Å². The largest absolute Gasteiger partial charge is 0.492 e. The fraction of sp³-hybridized carbons (Fsp3) is 0.111. The average molecular weight is 360 g/mol. The zero-order valence-electron chi connectivity index (χ0n) is 15.6. The molecule has 0 radical (unpaired) electrons. The van der Waals surface area contributed by atoms with Gasteiger partial charge in [0.25, 0.3) is 0 Å². The van der Waals surface area contributed by atoms with Crippen LogP contribution in [0.4, 0.5) is 0 Å². The van der Waals surface area contributed by atoms with Crippen molar-refractivity contribution in [2.75, 3.05) is 6.61 Å². The minimum Gasteiger partial charge on any atom is -0.492 e. The van der Waals surface area contributed by atoms with Gasteiger partial charge in [0.05, 0.1) is 5.41 Å². The third kappa shape index (κ3) is 2.13. The molecule has 0 bridgehead atoms. The topological polar surface area (TPSA) is 9.23 Å². The Kier molecular flexibility index (Phi) is 3.28. The van der Waals surface area contributed by atoms with Crippen molar-refractivity contribution in [1.29, 1.82) is 0 Å². The standard InChI is InChI=1S/C27H20O/c1-2-8-19(9-3-1)20-14-15-26-25(16-20)27(18-28-26)17-21-10-4-5-11-22(21)23-12-6-7-13-24(23)27/h1-16H,17-18H2. The highest BCUT2D eigenvalue weighted by atomic mass is 16.5.